The molecule has 7 heteroatoms. The predicted octanol–water partition coefficient (Wildman–Crippen LogP) is 3.75. The third-order valence-corrected chi connectivity index (χ3v) is 5.01. The van der Waals surface area contributed by atoms with Crippen LogP contribution in [-0.4, -0.2) is 20.7 Å². The van der Waals surface area contributed by atoms with Gasteiger partial charge in [0.1, 0.15) is 5.82 Å². The quantitative estimate of drug-likeness (QED) is 0.764. The fraction of sp³-hybridized carbons (Fsp3) is 0.350. The summed E-state index contributed by atoms with van der Waals surface area (Å²) in [5, 5.41) is 7.57. The van der Waals surface area contributed by atoms with Gasteiger partial charge in [-0.2, -0.15) is 5.10 Å². The molecule has 1 unspecified atom stereocenters. The van der Waals surface area contributed by atoms with Gasteiger partial charge in [0.05, 0.1) is 29.3 Å². The molecule has 1 aliphatic carbocycles. The lowest BCUT2D eigenvalue weighted by molar-refractivity contribution is 0.0890. The summed E-state index contributed by atoms with van der Waals surface area (Å²) in [7, 11) is 0. The first kappa shape index (κ1) is 17.5. The monoisotopic (exact) mass is 368 g/mol. The van der Waals surface area contributed by atoms with Crippen LogP contribution < -0.4 is 5.32 Å². The first-order chi connectivity index (χ1) is 12.8. The van der Waals surface area contributed by atoms with Gasteiger partial charge in [-0.25, -0.2) is 14.1 Å². The highest BCUT2D eigenvalue weighted by atomic mass is 19.1. The standard InChI is InChI=1S/C20H21FN4O2/c1-12-18(27-11-22-12)19(26)24-16-8-20(2,3)9-17-15(16)10-23-25(17)14-6-4-13(21)5-7-14/h4-7,10-11,16H,8-9H2,1-3H3,(H,24,26). The van der Waals surface area contributed by atoms with Crippen molar-refractivity contribution in [3.63, 3.8) is 0 Å². The number of hydrogen-bond acceptors (Lipinski definition) is 4. The van der Waals surface area contributed by atoms with Gasteiger partial charge in [-0.05, 0) is 49.4 Å². The number of nitrogens with zero attached hydrogens (tertiary/aromatic N) is 3. The van der Waals surface area contributed by atoms with Crippen LogP contribution in [0.1, 0.15) is 53.8 Å². The summed E-state index contributed by atoms with van der Waals surface area (Å²) in [4.78, 5) is 16.6. The maximum Gasteiger partial charge on any atom is 0.289 e. The Kier molecular flexibility index (Phi) is 4.09. The summed E-state index contributed by atoms with van der Waals surface area (Å²) >= 11 is 0. The Morgan fingerprint density at radius 3 is 2.74 bits per heavy atom. The molecule has 3 aromatic rings. The van der Waals surface area contributed by atoms with Gasteiger partial charge in [-0.3, -0.25) is 4.79 Å². The second kappa shape index (κ2) is 6.33. The summed E-state index contributed by atoms with van der Waals surface area (Å²) in [5.74, 6) is -0.341. The number of halogens is 1. The Hall–Kier alpha value is -2.96. The molecule has 0 fully saturated rings. The molecule has 6 nitrogen and oxygen atoms in total. The molecule has 27 heavy (non-hydrogen) atoms. The third kappa shape index (κ3) is 3.25. The maximum atomic E-state index is 13.3. The largest absolute Gasteiger partial charge is 0.438 e. The van der Waals surface area contributed by atoms with Gasteiger partial charge in [0.15, 0.2) is 6.39 Å². The molecule has 0 saturated carbocycles. The van der Waals surface area contributed by atoms with Gasteiger partial charge in [0.25, 0.3) is 5.91 Å². The molecule has 0 aliphatic heterocycles. The van der Waals surface area contributed by atoms with Gasteiger partial charge in [-0.15, -0.1) is 0 Å². The number of hydrogen-bond donors (Lipinski definition) is 1. The number of carbonyl (C=O) groups is 1. The molecule has 2 heterocycles. The van der Waals surface area contributed by atoms with Crippen molar-refractivity contribution >= 4 is 5.91 Å². The van der Waals surface area contributed by atoms with Crippen molar-refractivity contribution in [3.8, 4) is 5.69 Å². The minimum Gasteiger partial charge on any atom is -0.438 e. The van der Waals surface area contributed by atoms with Crippen molar-refractivity contribution < 1.29 is 13.6 Å². The van der Waals surface area contributed by atoms with E-state index in [4.69, 9.17) is 4.42 Å². The molecule has 0 radical (unpaired) electrons. The van der Waals surface area contributed by atoms with E-state index in [2.05, 4.69) is 29.2 Å². The topological polar surface area (TPSA) is 73.0 Å². The molecule has 0 saturated heterocycles. The number of aromatic nitrogens is 3. The number of benzene rings is 1. The molecule has 1 aliphatic rings. The molecular weight excluding hydrogens is 347 g/mol. The zero-order valence-corrected chi connectivity index (χ0v) is 15.5. The van der Waals surface area contributed by atoms with E-state index in [1.807, 2.05) is 4.68 Å². The summed E-state index contributed by atoms with van der Waals surface area (Å²) in [5.41, 5.74) is 3.33. The van der Waals surface area contributed by atoms with Crippen LogP contribution in [0.15, 0.2) is 41.3 Å². The average Bonchev–Trinajstić information content (AvgIpc) is 3.21. The van der Waals surface area contributed by atoms with Crippen LogP contribution in [-0.2, 0) is 6.42 Å². The molecule has 0 spiro atoms. The number of amides is 1. The van der Waals surface area contributed by atoms with Crippen LogP contribution in [0, 0.1) is 18.2 Å². The Morgan fingerprint density at radius 1 is 1.33 bits per heavy atom. The second-order valence-corrected chi connectivity index (χ2v) is 7.77. The van der Waals surface area contributed by atoms with Gasteiger partial charge >= 0.3 is 0 Å². The zero-order chi connectivity index (χ0) is 19.2. The fourth-order valence-corrected chi connectivity index (χ4v) is 3.72. The lowest BCUT2D eigenvalue weighted by atomic mass is 9.74. The fourth-order valence-electron chi connectivity index (χ4n) is 3.72. The van der Waals surface area contributed by atoms with Crippen molar-refractivity contribution in [3.05, 3.63) is 65.4 Å². The summed E-state index contributed by atoms with van der Waals surface area (Å²) in [6.45, 7) is 6.06. The Labute approximate surface area is 156 Å². The van der Waals surface area contributed by atoms with E-state index in [1.165, 1.54) is 18.5 Å². The lowest BCUT2D eigenvalue weighted by Gasteiger charge is -2.35. The Morgan fingerprint density at radius 2 is 2.07 bits per heavy atom. The Bertz CT molecular complexity index is 988. The van der Waals surface area contributed by atoms with Gasteiger partial charge < -0.3 is 9.73 Å². The van der Waals surface area contributed by atoms with E-state index < -0.39 is 0 Å². The molecule has 4 rings (SSSR count). The highest BCUT2D eigenvalue weighted by Crippen LogP contribution is 2.41. The summed E-state index contributed by atoms with van der Waals surface area (Å²) < 4.78 is 20.3. The minimum absolute atomic E-state index is 0.0286. The van der Waals surface area contributed by atoms with Crippen LogP contribution in [0.3, 0.4) is 0 Å². The van der Waals surface area contributed by atoms with Crippen LogP contribution >= 0.6 is 0 Å². The number of rotatable bonds is 3. The van der Waals surface area contributed by atoms with Crippen LogP contribution in [0.5, 0.6) is 0 Å². The zero-order valence-electron chi connectivity index (χ0n) is 15.5. The van der Waals surface area contributed by atoms with Gasteiger partial charge in [0.2, 0.25) is 5.76 Å². The number of nitrogens with one attached hydrogen (secondary N) is 1. The van der Waals surface area contributed by atoms with E-state index in [0.717, 1.165) is 29.8 Å². The van der Waals surface area contributed by atoms with Crippen LogP contribution in [0.25, 0.3) is 5.69 Å². The van der Waals surface area contributed by atoms with E-state index in [-0.39, 0.29) is 28.9 Å². The number of oxazole rings is 1. The van der Waals surface area contributed by atoms with Crippen LogP contribution in [0.4, 0.5) is 4.39 Å². The number of carbonyl (C=O) groups excluding carboxylic acids is 1. The highest BCUT2D eigenvalue weighted by molar-refractivity contribution is 5.92. The SMILES string of the molecule is Cc1ncoc1C(=O)NC1CC(C)(C)Cc2c1cnn2-c1ccc(F)cc1. The van der Waals surface area contributed by atoms with Crippen molar-refractivity contribution in [2.24, 2.45) is 5.41 Å². The number of aryl methyl sites for hydroxylation is 1. The average molecular weight is 368 g/mol. The summed E-state index contributed by atoms with van der Waals surface area (Å²) in [6, 6.07) is 6.06. The molecule has 1 N–H and O–H groups in total. The highest BCUT2D eigenvalue weighted by Gasteiger charge is 2.36. The van der Waals surface area contributed by atoms with E-state index in [0.29, 0.717) is 5.69 Å². The maximum absolute atomic E-state index is 13.3. The molecule has 2 aromatic heterocycles. The smallest absolute Gasteiger partial charge is 0.289 e. The van der Waals surface area contributed by atoms with E-state index >= 15 is 0 Å². The van der Waals surface area contributed by atoms with Crippen molar-refractivity contribution in [2.45, 2.75) is 39.7 Å². The molecule has 0 bridgehead atoms. The van der Waals surface area contributed by atoms with Crippen LogP contribution in [0.2, 0.25) is 0 Å². The molecule has 140 valence electrons. The third-order valence-electron chi connectivity index (χ3n) is 5.01. The van der Waals surface area contributed by atoms with Crippen molar-refractivity contribution in [2.75, 3.05) is 0 Å². The van der Waals surface area contributed by atoms with E-state index in [1.54, 1.807) is 25.3 Å². The molecule has 1 atom stereocenters. The molecular formula is C20H21FN4O2. The lowest BCUT2D eigenvalue weighted by Crippen LogP contribution is -2.36. The van der Waals surface area contributed by atoms with Crippen molar-refractivity contribution in [1.29, 1.82) is 0 Å². The van der Waals surface area contributed by atoms with Gasteiger partial charge in [-0.1, -0.05) is 13.8 Å². The normalized spacial score (nSPS) is 18.1. The number of fused-ring (bicyclic) bond motifs is 1. The van der Waals surface area contributed by atoms with E-state index in [9.17, 15) is 9.18 Å². The molecule has 1 aromatic carbocycles. The predicted molar refractivity (Wildman–Crippen MR) is 97.1 cm³/mol. The van der Waals surface area contributed by atoms with Crippen molar-refractivity contribution in [1.82, 2.24) is 20.1 Å². The Balaban J connectivity index is 1.69. The van der Waals surface area contributed by atoms with Gasteiger partial charge in [0, 0.05) is 5.56 Å². The second-order valence-electron chi connectivity index (χ2n) is 7.77. The minimum atomic E-state index is -0.285. The first-order valence-corrected chi connectivity index (χ1v) is 8.88. The first-order valence-electron chi connectivity index (χ1n) is 8.88. The summed E-state index contributed by atoms with van der Waals surface area (Å²) in [6.07, 6.45) is 4.65. The molecule has 1 amide bonds.